The SMILES string of the molecule is CC1CC(CN)CN1C(=O)c1ccccc1N(C)c1ccccc1.Cl. The summed E-state index contributed by atoms with van der Waals surface area (Å²) in [5.74, 6) is 0.500. The average Bonchev–Trinajstić information content (AvgIpc) is 3.02. The second-order valence-corrected chi connectivity index (χ2v) is 6.56. The van der Waals surface area contributed by atoms with Gasteiger partial charge in [0.15, 0.2) is 0 Å². The van der Waals surface area contributed by atoms with Gasteiger partial charge in [0.05, 0.1) is 11.3 Å². The van der Waals surface area contributed by atoms with Crippen LogP contribution >= 0.6 is 12.4 Å². The normalized spacial score (nSPS) is 19.4. The number of likely N-dealkylation sites (tertiary alicyclic amines) is 1. The van der Waals surface area contributed by atoms with Crippen molar-refractivity contribution in [3.8, 4) is 0 Å². The van der Waals surface area contributed by atoms with Gasteiger partial charge in [-0.25, -0.2) is 0 Å². The zero-order valence-electron chi connectivity index (χ0n) is 14.8. The molecule has 0 bridgehead atoms. The number of benzene rings is 2. The summed E-state index contributed by atoms with van der Waals surface area (Å²) in [6.07, 6.45) is 0.985. The molecule has 3 rings (SSSR count). The first-order chi connectivity index (χ1) is 11.6. The Hall–Kier alpha value is -2.04. The summed E-state index contributed by atoms with van der Waals surface area (Å²) in [6, 6.07) is 18.2. The molecule has 2 N–H and O–H groups in total. The molecule has 2 atom stereocenters. The second kappa shape index (κ2) is 8.37. The maximum atomic E-state index is 13.1. The first-order valence-corrected chi connectivity index (χ1v) is 8.50. The quantitative estimate of drug-likeness (QED) is 0.905. The maximum absolute atomic E-state index is 13.1. The number of amides is 1. The van der Waals surface area contributed by atoms with E-state index in [9.17, 15) is 4.79 Å². The molecule has 25 heavy (non-hydrogen) atoms. The van der Waals surface area contributed by atoms with Crippen LogP contribution in [0.1, 0.15) is 23.7 Å². The fourth-order valence-electron chi connectivity index (χ4n) is 3.49. The number of anilines is 2. The van der Waals surface area contributed by atoms with E-state index in [0.29, 0.717) is 12.5 Å². The highest BCUT2D eigenvalue weighted by atomic mass is 35.5. The van der Waals surface area contributed by atoms with Gasteiger partial charge < -0.3 is 15.5 Å². The Bertz CT molecular complexity index is 707. The van der Waals surface area contributed by atoms with Gasteiger partial charge >= 0.3 is 0 Å². The number of nitrogens with two attached hydrogens (primary N) is 1. The molecule has 1 fully saturated rings. The zero-order chi connectivity index (χ0) is 17.1. The van der Waals surface area contributed by atoms with Crippen LogP contribution in [0.2, 0.25) is 0 Å². The van der Waals surface area contributed by atoms with Crippen molar-refractivity contribution in [3.63, 3.8) is 0 Å². The molecule has 0 aliphatic carbocycles. The van der Waals surface area contributed by atoms with E-state index in [2.05, 4.69) is 11.8 Å². The fourth-order valence-corrected chi connectivity index (χ4v) is 3.49. The first kappa shape index (κ1) is 19.3. The van der Waals surface area contributed by atoms with E-state index in [-0.39, 0.29) is 24.4 Å². The second-order valence-electron chi connectivity index (χ2n) is 6.56. The van der Waals surface area contributed by atoms with Crippen LogP contribution in [-0.4, -0.2) is 37.0 Å². The topological polar surface area (TPSA) is 49.6 Å². The maximum Gasteiger partial charge on any atom is 0.256 e. The lowest BCUT2D eigenvalue weighted by Gasteiger charge is -2.26. The molecule has 2 aromatic rings. The fraction of sp³-hybridized carbons (Fsp3) is 0.350. The summed E-state index contributed by atoms with van der Waals surface area (Å²) in [5, 5.41) is 0. The summed E-state index contributed by atoms with van der Waals surface area (Å²) in [4.78, 5) is 17.2. The van der Waals surface area contributed by atoms with E-state index in [1.165, 1.54) is 0 Å². The molecule has 2 unspecified atom stereocenters. The molecule has 2 aromatic carbocycles. The summed E-state index contributed by atoms with van der Waals surface area (Å²) in [5.41, 5.74) is 8.54. The van der Waals surface area contributed by atoms with Crippen LogP contribution in [0.3, 0.4) is 0 Å². The molecular formula is C20H26ClN3O. The molecule has 1 heterocycles. The van der Waals surface area contributed by atoms with Crippen molar-refractivity contribution >= 4 is 29.7 Å². The van der Waals surface area contributed by atoms with Crippen LogP contribution in [0, 0.1) is 5.92 Å². The van der Waals surface area contributed by atoms with Gasteiger partial charge in [-0.2, -0.15) is 0 Å². The number of hydrogen-bond acceptors (Lipinski definition) is 3. The first-order valence-electron chi connectivity index (χ1n) is 8.50. The van der Waals surface area contributed by atoms with Crippen molar-refractivity contribution in [2.24, 2.45) is 11.7 Å². The number of hydrogen-bond donors (Lipinski definition) is 1. The molecule has 1 aliphatic rings. The van der Waals surface area contributed by atoms with Crippen molar-refractivity contribution in [2.45, 2.75) is 19.4 Å². The minimum atomic E-state index is 0. The Kier molecular flexibility index (Phi) is 6.45. The summed E-state index contributed by atoms with van der Waals surface area (Å²) in [6.45, 7) is 3.50. The molecule has 1 amide bonds. The molecule has 0 spiro atoms. The molecule has 0 aromatic heterocycles. The van der Waals surface area contributed by atoms with Crippen molar-refractivity contribution in [2.75, 3.05) is 25.0 Å². The third-order valence-corrected chi connectivity index (χ3v) is 4.89. The molecule has 4 nitrogen and oxygen atoms in total. The molecule has 1 aliphatic heterocycles. The van der Waals surface area contributed by atoms with Crippen LogP contribution in [0.4, 0.5) is 11.4 Å². The van der Waals surface area contributed by atoms with E-state index in [1.807, 2.05) is 66.5 Å². The monoisotopic (exact) mass is 359 g/mol. The third kappa shape index (κ3) is 3.97. The molecule has 0 saturated carbocycles. The Morgan fingerprint density at radius 3 is 2.44 bits per heavy atom. The zero-order valence-corrected chi connectivity index (χ0v) is 15.6. The third-order valence-electron chi connectivity index (χ3n) is 4.89. The van der Waals surface area contributed by atoms with Gasteiger partial charge in [-0.1, -0.05) is 30.3 Å². The Labute approximate surface area is 156 Å². The highest BCUT2D eigenvalue weighted by Crippen LogP contribution is 2.30. The van der Waals surface area contributed by atoms with Gasteiger partial charge in [0, 0.05) is 25.3 Å². The smallest absolute Gasteiger partial charge is 0.256 e. The van der Waals surface area contributed by atoms with Crippen LogP contribution in [0.15, 0.2) is 54.6 Å². The van der Waals surface area contributed by atoms with Crippen molar-refractivity contribution in [1.29, 1.82) is 0 Å². The Morgan fingerprint density at radius 2 is 1.80 bits per heavy atom. The minimum Gasteiger partial charge on any atom is -0.344 e. The number of halogens is 1. The highest BCUT2D eigenvalue weighted by Gasteiger charge is 2.33. The van der Waals surface area contributed by atoms with Gasteiger partial charge in [0.25, 0.3) is 5.91 Å². The van der Waals surface area contributed by atoms with Crippen LogP contribution in [-0.2, 0) is 0 Å². The van der Waals surface area contributed by atoms with Crippen LogP contribution in [0.5, 0.6) is 0 Å². The summed E-state index contributed by atoms with van der Waals surface area (Å²) >= 11 is 0. The molecule has 0 radical (unpaired) electrons. The number of rotatable bonds is 4. The summed E-state index contributed by atoms with van der Waals surface area (Å²) < 4.78 is 0. The van der Waals surface area contributed by atoms with Crippen LogP contribution in [0.25, 0.3) is 0 Å². The molecule has 5 heteroatoms. The lowest BCUT2D eigenvalue weighted by molar-refractivity contribution is 0.0744. The highest BCUT2D eigenvalue weighted by molar-refractivity contribution is 6.00. The van der Waals surface area contributed by atoms with E-state index in [4.69, 9.17) is 5.73 Å². The predicted octanol–water partition coefficient (Wildman–Crippen LogP) is 3.69. The van der Waals surface area contributed by atoms with E-state index < -0.39 is 0 Å². The largest absolute Gasteiger partial charge is 0.344 e. The van der Waals surface area contributed by atoms with Crippen LogP contribution < -0.4 is 10.6 Å². The standard InChI is InChI=1S/C20H25N3O.ClH/c1-15-12-16(13-21)14-23(15)20(24)18-10-6-7-11-19(18)22(2)17-8-4-3-5-9-17;/h3-11,15-16H,12-14,21H2,1-2H3;1H. The molecule has 134 valence electrons. The minimum absolute atomic E-state index is 0. The predicted molar refractivity (Wildman–Crippen MR) is 106 cm³/mol. The number of carbonyl (C=O) groups excluding carboxylic acids is 1. The molecular weight excluding hydrogens is 334 g/mol. The van der Waals surface area contributed by atoms with Gasteiger partial charge in [-0.3, -0.25) is 4.79 Å². The van der Waals surface area contributed by atoms with E-state index >= 15 is 0 Å². The average molecular weight is 360 g/mol. The summed E-state index contributed by atoms with van der Waals surface area (Å²) in [7, 11) is 2.00. The van der Waals surface area contributed by atoms with Crippen molar-refractivity contribution < 1.29 is 4.79 Å². The Balaban J connectivity index is 0.00000225. The lowest BCUT2D eigenvalue weighted by Crippen LogP contribution is -2.35. The van der Waals surface area contributed by atoms with E-state index in [0.717, 1.165) is 29.9 Å². The number of carbonyl (C=O) groups is 1. The van der Waals surface area contributed by atoms with Crippen molar-refractivity contribution in [1.82, 2.24) is 4.90 Å². The van der Waals surface area contributed by atoms with Gasteiger partial charge in [-0.05, 0) is 50.1 Å². The number of para-hydroxylation sites is 2. The van der Waals surface area contributed by atoms with Crippen molar-refractivity contribution in [3.05, 3.63) is 60.2 Å². The van der Waals surface area contributed by atoms with Gasteiger partial charge in [0.1, 0.15) is 0 Å². The lowest BCUT2D eigenvalue weighted by atomic mass is 10.1. The van der Waals surface area contributed by atoms with Gasteiger partial charge in [-0.15, -0.1) is 12.4 Å². The van der Waals surface area contributed by atoms with Gasteiger partial charge in [0.2, 0.25) is 0 Å². The Morgan fingerprint density at radius 1 is 1.16 bits per heavy atom. The molecule has 1 saturated heterocycles. The van der Waals surface area contributed by atoms with E-state index in [1.54, 1.807) is 0 Å². The number of nitrogens with zero attached hydrogens (tertiary/aromatic N) is 2.